The summed E-state index contributed by atoms with van der Waals surface area (Å²) in [6.07, 6.45) is 3.90. The lowest BCUT2D eigenvalue weighted by Crippen LogP contribution is -2.44. The lowest BCUT2D eigenvalue weighted by molar-refractivity contribution is -0.139. The lowest BCUT2D eigenvalue weighted by Gasteiger charge is -2.27. The van der Waals surface area contributed by atoms with E-state index in [1.54, 1.807) is 79.7 Å². The van der Waals surface area contributed by atoms with Gasteiger partial charge in [-0.1, -0.05) is 42.8 Å². The van der Waals surface area contributed by atoms with Crippen LogP contribution in [0.4, 0.5) is 17.1 Å². The van der Waals surface area contributed by atoms with Crippen LogP contribution in [-0.4, -0.2) is 28.6 Å². The van der Waals surface area contributed by atoms with E-state index in [1.165, 1.54) is 4.90 Å². The molecule has 0 aromatic heterocycles. The van der Waals surface area contributed by atoms with E-state index in [-0.39, 0.29) is 19.1 Å². The Morgan fingerprint density at radius 1 is 1.17 bits per heavy atom. The number of carbonyl (C=O) groups is 2. The molecular formula is C28H28ClN3O4. The highest BCUT2D eigenvalue weighted by Crippen LogP contribution is 2.46. The second-order valence-electron chi connectivity index (χ2n) is 8.82. The van der Waals surface area contributed by atoms with Crippen LogP contribution < -0.4 is 16.0 Å². The van der Waals surface area contributed by atoms with E-state index >= 15 is 0 Å². The van der Waals surface area contributed by atoms with Crippen LogP contribution in [0.2, 0.25) is 5.02 Å². The van der Waals surface area contributed by atoms with E-state index in [2.05, 4.69) is 5.32 Å². The number of nitrogens with two attached hydrogens (primary N) is 1. The Balaban J connectivity index is 1.59. The third-order valence-electron chi connectivity index (χ3n) is 6.31. The minimum atomic E-state index is -1.80. The maximum atomic E-state index is 13.6. The van der Waals surface area contributed by atoms with Gasteiger partial charge in [-0.15, -0.1) is 0 Å². The van der Waals surface area contributed by atoms with Crippen molar-refractivity contribution in [1.29, 1.82) is 0 Å². The molecule has 36 heavy (non-hydrogen) atoms. The molecule has 0 saturated heterocycles. The number of carbonyl (C=O) groups excluding carboxylic acids is 2. The summed E-state index contributed by atoms with van der Waals surface area (Å²) in [6.45, 7) is 1.93. The Kier molecular flexibility index (Phi) is 7.45. The van der Waals surface area contributed by atoms with Gasteiger partial charge in [-0.05, 0) is 66.6 Å². The average molecular weight is 506 g/mol. The first-order chi connectivity index (χ1) is 17.2. The third kappa shape index (κ3) is 4.99. The molecule has 0 aliphatic carbocycles. The standard InChI is InChI=1S/C28H28ClN3O4/c1-18(5-2-3-14-33)28(36)24-16-21(29)10-13-25(24)32(27(28)35)17-19-6-4-7-23(15-19)31-26(34)20-8-11-22(30)12-9-20/h2,4-13,15-16,18,33,36H,3,14,17,30H2,1H3,(H,31,34)/b5-2+/t18-,28+/m0/s1. The van der Waals surface area contributed by atoms with Crippen LogP contribution in [0.1, 0.15) is 34.8 Å². The fraction of sp³-hybridized carbons (Fsp3) is 0.214. The van der Waals surface area contributed by atoms with Crippen LogP contribution >= 0.6 is 11.6 Å². The quantitative estimate of drug-likeness (QED) is 0.266. The second kappa shape index (κ2) is 10.5. The Hall–Kier alpha value is -3.65. The fourth-order valence-corrected chi connectivity index (χ4v) is 4.53. The number of rotatable bonds is 8. The molecule has 0 radical (unpaired) electrons. The van der Waals surface area contributed by atoms with Crippen LogP contribution in [0.3, 0.4) is 0 Å². The maximum absolute atomic E-state index is 13.6. The van der Waals surface area contributed by atoms with E-state index in [9.17, 15) is 14.7 Å². The molecule has 0 unspecified atom stereocenters. The zero-order chi connectivity index (χ0) is 25.9. The number of anilines is 3. The van der Waals surface area contributed by atoms with Gasteiger partial charge in [-0.25, -0.2) is 0 Å². The predicted molar refractivity (Wildman–Crippen MR) is 142 cm³/mol. The number of nitrogen functional groups attached to an aromatic ring is 1. The van der Waals surface area contributed by atoms with Crippen LogP contribution in [0.25, 0.3) is 0 Å². The molecule has 0 saturated carbocycles. The first-order valence-electron chi connectivity index (χ1n) is 11.6. The molecule has 0 spiro atoms. The number of nitrogens with one attached hydrogen (secondary N) is 1. The molecule has 3 aromatic rings. The van der Waals surface area contributed by atoms with Gasteiger partial charge >= 0.3 is 0 Å². The van der Waals surface area contributed by atoms with Gasteiger partial charge in [-0.3, -0.25) is 9.59 Å². The van der Waals surface area contributed by atoms with Crippen molar-refractivity contribution in [3.63, 3.8) is 0 Å². The molecule has 186 valence electrons. The van der Waals surface area contributed by atoms with Crippen molar-refractivity contribution in [2.45, 2.75) is 25.5 Å². The van der Waals surface area contributed by atoms with Gasteiger partial charge in [0.05, 0.1) is 12.2 Å². The Bertz CT molecular complexity index is 1310. The van der Waals surface area contributed by atoms with Crippen molar-refractivity contribution in [3.05, 3.63) is 101 Å². The number of benzene rings is 3. The monoisotopic (exact) mass is 505 g/mol. The summed E-state index contributed by atoms with van der Waals surface area (Å²) in [6, 6.07) is 18.9. The first-order valence-corrected chi connectivity index (χ1v) is 12.0. The number of hydrogen-bond donors (Lipinski definition) is 4. The van der Waals surface area contributed by atoms with Gasteiger partial charge in [0, 0.05) is 40.0 Å². The van der Waals surface area contributed by atoms with Crippen LogP contribution in [-0.2, 0) is 16.9 Å². The first kappa shape index (κ1) is 25.4. The number of fused-ring (bicyclic) bond motifs is 1. The van der Waals surface area contributed by atoms with Gasteiger partial charge < -0.3 is 26.2 Å². The van der Waals surface area contributed by atoms with Crippen LogP contribution in [0.15, 0.2) is 78.9 Å². The highest BCUT2D eigenvalue weighted by atomic mass is 35.5. The number of hydrogen-bond acceptors (Lipinski definition) is 5. The molecule has 5 N–H and O–H groups in total. The summed E-state index contributed by atoms with van der Waals surface area (Å²) < 4.78 is 0. The van der Waals surface area contributed by atoms with Gasteiger partial charge in [0.15, 0.2) is 5.60 Å². The normalized spacial score (nSPS) is 17.9. The lowest BCUT2D eigenvalue weighted by atomic mass is 9.83. The molecule has 2 atom stereocenters. The topological polar surface area (TPSA) is 116 Å². The Morgan fingerprint density at radius 3 is 2.64 bits per heavy atom. The largest absolute Gasteiger partial charge is 0.399 e. The summed E-state index contributed by atoms with van der Waals surface area (Å²) in [7, 11) is 0. The number of aliphatic hydroxyl groups is 2. The van der Waals surface area contributed by atoms with Gasteiger partial charge in [0.2, 0.25) is 0 Å². The molecule has 3 aromatic carbocycles. The van der Waals surface area contributed by atoms with E-state index in [1.807, 2.05) is 6.07 Å². The number of nitrogens with zero attached hydrogens (tertiary/aromatic N) is 1. The van der Waals surface area contributed by atoms with Crippen molar-refractivity contribution in [1.82, 2.24) is 0 Å². The zero-order valence-electron chi connectivity index (χ0n) is 19.8. The SMILES string of the molecule is C[C@@H](/C=C/CCO)[C@]1(O)C(=O)N(Cc2cccc(NC(=O)c3ccc(N)cc3)c2)c2ccc(Cl)cc21. The van der Waals surface area contributed by atoms with E-state index < -0.39 is 17.4 Å². The van der Waals surface area contributed by atoms with E-state index in [0.29, 0.717) is 39.6 Å². The fourth-order valence-electron chi connectivity index (χ4n) is 4.36. The van der Waals surface area contributed by atoms with Crippen molar-refractivity contribution in [2.24, 2.45) is 5.92 Å². The highest BCUT2D eigenvalue weighted by molar-refractivity contribution is 6.31. The van der Waals surface area contributed by atoms with E-state index in [4.69, 9.17) is 22.4 Å². The summed E-state index contributed by atoms with van der Waals surface area (Å²) >= 11 is 6.23. The minimum absolute atomic E-state index is 0.0185. The molecule has 1 aliphatic rings. The molecule has 8 heteroatoms. The number of halogens is 1. The molecule has 0 fully saturated rings. The Labute approximate surface area is 214 Å². The smallest absolute Gasteiger partial charge is 0.264 e. The van der Waals surface area contributed by atoms with Gasteiger partial charge in [-0.2, -0.15) is 0 Å². The minimum Gasteiger partial charge on any atom is -0.399 e. The molecule has 0 bridgehead atoms. The van der Waals surface area contributed by atoms with Crippen molar-refractivity contribution in [2.75, 3.05) is 22.6 Å². The van der Waals surface area contributed by atoms with Crippen LogP contribution in [0, 0.1) is 5.92 Å². The third-order valence-corrected chi connectivity index (χ3v) is 6.54. The number of amides is 2. The van der Waals surface area contributed by atoms with Gasteiger partial charge in [0.25, 0.3) is 11.8 Å². The summed E-state index contributed by atoms with van der Waals surface area (Å²) in [5.41, 5.74) is 7.31. The molecule has 4 rings (SSSR count). The summed E-state index contributed by atoms with van der Waals surface area (Å²) in [5, 5.41) is 24.0. The zero-order valence-corrected chi connectivity index (χ0v) is 20.6. The highest BCUT2D eigenvalue weighted by Gasteiger charge is 2.52. The van der Waals surface area contributed by atoms with Crippen molar-refractivity contribution < 1.29 is 19.8 Å². The summed E-state index contributed by atoms with van der Waals surface area (Å²) in [5.74, 6) is -1.29. The Morgan fingerprint density at radius 2 is 1.92 bits per heavy atom. The molecule has 7 nitrogen and oxygen atoms in total. The van der Waals surface area contributed by atoms with E-state index in [0.717, 1.165) is 5.56 Å². The molecule has 2 amide bonds. The van der Waals surface area contributed by atoms with Gasteiger partial charge in [0.1, 0.15) is 0 Å². The molecule has 1 aliphatic heterocycles. The second-order valence-corrected chi connectivity index (χ2v) is 9.26. The van der Waals surface area contributed by atoms with Crippen molar-refractivity contribution >= 4 is 40.5 Å². The maximum Gasteiger partial charge on any atom is 0.264 e. The predicted octanol–water partition coefficient (Wildman–Crippen LogP) is 4.48. The molecule has 1 heterocycles. The van der Waals surface area contributed by atoms with Crippen molar-refractivity contribution in [3.8, 4) is 0 Å². The summed E-state index contributed by atoms with van der Waals surface area (Å²) in [4.78, 5) is 27.8. The number of aliphatic hydroxyl groups excluding tert-OH is 1. The van der Waals surface area contributed by atoms with Crippen LogP contribution in [0.5, 0.6) is 0 Å². The molecular weight excluding hydrogens is 478 g/mol. The average Bonchev–Trinajstić information content (AvgIpc) is 3.07.